The molecule has 3 rings (SSSR count). The van der Waals surface area contributed by atoms with Gasteiger partial charge < -0.3 is 0 Å². The third-order valence-electron chi connectivity index (χ3n) is 3.27. The third-order valence-corrected chi connectivity index (χ3v) is 5.03. The van der Waals surface area contributed by atoms with Crippen LogP contribution >= 0.6 is 46.1 Å². The van der Waals surface area contributed by atoms with Crippen molar-refractivity contribution in [3.8, 4) is 17.3 Å². The standard InChI is InChI=1S/C18H9Cl3N2S/c19-13-5-6-14(16(21)8-13)17-10-24-18(23-17)12(9-22)7-11-3-1-2-4-15(11)20/h1-8,10H. The molecule has 3 aromatic rings. The molecule has 2 aromatic carbocycles. The molecule has 0 unspecified atom stereocenters. The van der Waals surface area contributed by atoms with E-state index in [2.05, 4.69) is 11.1 Å². The molecule has 0 aliphatic carbocycles. The van der Waals surface area contributed by atoms with Gasteiger partial charge in [0.25, 0.3) is 0 Å². The summed E-state index contributed by atoms with van der Waals surface area (Å²) in [5.41, 5.74) is 2.71. The van der Waals surface area contributed by atoms with Crippen LogP contribution in [-0.4, -0.2) is 4.98 Å². The smallest absolute Gasteiger partial charge is 0.134 e. The van der Waals surface area contributed by atoms with Gasteiger partial charge in [-0.1, -0.05) is 53.0 Å². The molecule has 0 radical (unpaired) electrons. The van der Waals surface area contributed by atoms with E-state index in [1.807, 2.05) is 29.6 Å². The highest BCUT2D eigenvalue weighted by Crippen LogP contribution is 2.33. The van der Waals surface area contributed by atoms with Gasteiger partial charge in [-0.2, -0.15) is 5.26 Å². The zero-order valence-corrected chi connectivity index (χ0v) is 15.2. The Bertz CT molecular complexity index is 970. The van der Waals surface area contributed by atoms with Crippen LogP contribution in [0.3, 0.4) is 0 Å². The molecule has 0 aliphatic rings. The lowest BCUT2D eigenvalue weighted by Crippen LogP contribution is -1.84. The molecule has 0 saturated carbocycles. The quantitative estimate of drug-likeness (QED) is 0.458. The normalized spacial score (nSPS) is 11.3. The Morgan fingerprint density at radius 2 is 1.88 bits per heavy atom. The number of benzene rings is 2. The highest BCUT2D eigenvalue weighted by molar-refractivity contribution is 7.11. The van der Waals surface area contributed by atoms with Crippen molar-refractivity contribution >= 4 is 57.8 Å². The summed E-state index contributed by atoms with van der Waals surface area (Å²) in [6.45, 7) is 0. The average molecular weight is 392 g/mol. The summed E-state index contributed by atoms with van der Waals surface area (Å²) in [5.74, 6) is 0. The zero-order valence-electron chi connectivity index (χ0n) is 12.1. The van der Waals surface area contributed by atoms with Crippen molar-refractivity contribution in [3.63, 3.8) is 0 Å². The van der Waals surface area contributed by atoms with E-state index >= 15 is 0 Å². The SMILES string of the molecule is N#CC(=Cc1ccccc1Cl)c1nc(-c2ccc(Cl)cc2Cl)cs1. The molecular formula is C18H9Cl3N2S. The molecule has 1 aromatic heterocycles. The molecule has 0 amide bonds. The highest BCUT2D eigenvalue weighted by Gasteiger charge is 2.12. The first kappa shape index (κ1) is 17.0. The van der Waals surface area contributed by atoms with E-state index in [-0.39, 0.29) is 0 Å². The van der Waals surface area contributed by atoms with Gasteiger partial charge in [-0.05, 0) is 35.9 Å². The van der Waals surface area contributed by atoms with Gasteiger partial charge in [-0.3, -0.25) is 0 Å². The average Bonchev–Trinajstić information content (AvgIpc) is 3.03. The summed E-state index contributed by atoms with van der Waals surface area (Å²) < 4.78 is 0. The van der Waals surface area contributed by atoms with Gasteiger partial charge in [0, 0.05) is 21.0 Å². The van der Waals surface area contributed by atoms with E-state index in [1.165, 1.54) is 11.3 Å². The monoisotopic (exact) mass is 390 g/mol. The van der Waals surface area contributed by atoms with Crippen LogP contribution in [0.1, 0.15) is 10.6 Å². The minimum atomic E-state index is 0.449. The number of nitrogens with zero attached hydrogens (tertiary/aromatic N) is 2. The fourth-order valence-corrected chi connectivity index (χ4v) is 3.59. The summed E-state index contributed by atoms with van der Waals surface area (Å²) in [5, 5.41) is 13.6. The van der Waals surface area contributed by atoms with Gasteiger partial charge in [0.05, 0.1) is 16.3 Å². The fourth-order valence-electron chi connectivity index (χ4n) is 2.11. The molecular weight excluding hydrogens is 383 g/mol. The minimum absolute atomic E-state index is 0.449. The van der Waals surface area contributed by atoms with Gasteiger partial charge in [-0.25, -0.2) is 4.98 Å². The second-order valence-corrected chi connectivity index (χ2v) is 6.96. The second-order valence-electron chi connectivity index (χ2n) is 4.85. The Balaban J connectivity index is 2.00. The number of thiazole rings is 1. The Morgan fingerprint density at radius 1 is 1.08 bits per heavy atom. The van der Waals surface area contributed by atoms with Gasteiger partial charge in [0.2, 0.25) is 0 Å². The predicted octanol–water partition coefficient (Wildman–Crippen LogP) is 6.83. The number of aromatic nitrogens is 1. The van der Waals surface area contributed by atoms with E-state index in [0.29, 0.717) is 31.3 Å². The van der Waals surface area contributed by atoms with E-state index < -0.39 is 0 Å². The molecule has 1 heterocycles. The van der Waals surface area contributed by atoms with Crippen LogP contribution in [0, 0.1) is 11.3 Å². The van der Waals surface area contributed by atoms with Crippen molar-refractivity contribution in [1.29, 1.82) is 5.26 Å². The van der Waals surface area contributed by atoms with E-state index in [4.69, 9.17) is 34.8 Å². The van der Waals surface area contributed by atoms with Crippen molar-refractivity contribution in [2.45, 2.75) is 0 Å². The molecule has 0 bridgehead atoms. The van der Waals surface area contributed by atoms with Crippen LogP contribution in [0.2, 0.25) is 15.1 Å². The maximum atomic E-state index is 9.46. The summed E-state index contributed by atoms with van der Waals surface area (Å²) in [4.78, 5) is 4.53. The Morgan fingerprint density at radius 3 is 2.58 bits per heavy atom. The van der Waals surface area contributed by atoms with Gasteiger partial charge >= 0.3 is 0 Å². The van der Waals surface area contributed by atoms with Crippen molar-refractivity contribution in [2.24, 2.45) is 0 Å². The lowest BCUT2D eigenvalue weighted by atomic mass is 10.1. The van der Waals surface area contributed by atoms with Crippen LogP contribution in [0.25, 0.3) is 22.9 Å². The van der Waals surface area contributed by atoms with Crippen molar-refractivity contribution in [1.82, 2.24) is 4.98 Å². The Hall–Kier alpha value is -1.83. The van der Waals surface area contributed by atoms with Crippen molar-refractivity contribution < 1.29 is 0 Å². The zero-order chi connectivity index (χ0) is 17.1. The summed E-state index contributed by atoms with van der Waals surface area (Å²) >= 11 is 19.7. The molecule has 0 fully saturated rings. The van der Waals surface area contributed by atoms with E-state index in [9.17, 15) is 5.26 Å². The number of nitriles is 1. The molecule has 0 saturated heterocycles. The van der Waals surface area contributed by atoms with Gasteiger partial charge in [-0.15, -0.1) is 11.3 Å². The molecule has 2 nitrogen and oxygen atoms in total. The molecule has 0 spiro atoms. The Kier molecular flexibility index (Phi) is 5.23. The second kappa shape index (κ2) is 7.38. The maximum absolute atomic E-state index is 9.46. The number of hydrogen-bond acceptors (Lipinski definition) is 3. The number of halogens is 3. The predicted molar refractivity (Wildman–Crippen MR) is 103 cm³/mol. The van der Waals surface area contributed by atoms with E-state index in [1.54, 1.807) is 24.3 Å². The highest BCUT2D eigenvalue weighted by atomic mass is 35.5. The lowest BCUT2D eigenvalue weighted by Gasteiger charge is -2.01. The van der Waals surface area contributed by atoms with Crippen LogP contribution in [0.5, 0.6) is 0 Å². The topological polar surface area (TPSA) is 36.7 Å². The number of hydrogen-bond donors (Lipinski definition) is 0. The van der Waals surface area contributed by atoms with Crippen molar-refractivity contribution in [3.05, 3.63) is 73.5 Å². The molecule has 6 heteroatoms. The summed E-state index contributed by atoms with van der Waals surface area (Å²) in [6.07, 6.45) is 1.73. The Labute approximate surface area is 158 Å². The van der Waals surface area contributed by atoms with Crippen molar-refractivity contribution in [2.75, 3.05) is 0 Å². The first-order valence-electron chi connectivity index (χ1n) is 6.86. The van der Waals surface area contributed by atoms with Gasteiger partial charge in [0.1, 0.15) is 11.1 Å². The molecule has 0 N–H and O–H groups in total. The van der Waals surface area contributed by atoms with Gasteiger partial charge in [0.15, 0.2) is 0 Å². The molecule has 24 heavy (non-hydrogen) atoms. The van der Waals surface area contributed by atoms with Crippen LogP contribution < -0.4 is 0 Å². The fraction of sp³-hybridized carbons (Fsp3) is 0. The largest absolute Gasteiger partial charge is 0.235 e. The number of allylic oxidation sites excluding steroid dienone is 1. The third kappa shape index (κ3) is 3.63. The minimum Gasteiger partial charge on any atom is -0.235 e. The van der Waals surface area contributed by atoms with Crippen LogP contribution in [0.15, 0.2) is 47.8 Å². The molecule has 0 aliphatic heterocycles. The van der Waals surface area contributed by atoms with Crippen LogP contribution in [0.4, 0.5) is 0 Å². The number of rotatable bonds is 3. The summed E-state index contributed by atoms with van der Waals surface area (Å²) in [6, 6.07) is 14.8. The van der Waals surface area contributed by atoms with E-state index in [0.717, 1.165) is 11.1 Å². The molecule has 0 atom stereocenters. The first-order chi connectivity index (χ1) is 11.6. The summed E-state index contributed by atoms with van der Waals surface area (Å²) in [7, 11) is 0. The van der Waals surface area contributed by atoms with Crippen LogP contribution in [-0.2, 0) is 0 Å². The maximum Gasteiger partial charge on any atom is 0.134 e. The first-order valence-corrected chi connectivity index (χ1v) is 8.87. The molecule has 118 valence electrons. The lowest BCUT2D eigenvalue weighted by molar-refractivity contribution is 1.37.